The van der Waals surface area contributed by atoms with Crippen LogP contribution in [0.2, 0.25) is 0 Å². The number of allylic oxidation sites excluding steroid dienone is 24. The molecule has 0 N–H and O–H groups in total. The zero-order valence-electron chi connectivity index (χ0n) is 65.6. The lowest BCUT2D eigenvalue weighted by Crippen LogP contribution is -2.37. The molecule has 0 spiro atoms. The molecule has 0 aliphatic rings. The molecule has 0 bridgehead atoms. The number of carbonyl (C=O) groups is 2. The van der Waals surface area contributed by atoms with E-state index in [9.17, 15) is 19.0 Å². The van der Waals surface area contributed by atoms with Crippen molar-refractivity contribution in [1.29, 1.82) is 0 Å². The standard InChI is InChI=1S/C90H156NO8P/c1-6-8-10-12-14-16-18-20-22-24-26-28-30-32-34-36-38-40-42-44-45-47-49-51-53-55-57-59-61-63-65-67-69-71-73-75-77-79-81-83-90(93)99-88(87-98-100(94,95)97-85-84-91(3,4)5)86-96-89(92)82-80-78-76-74-72-70-68-66-64-62-60-58-56-54-52-50-48-46-43-41-39-37-35-33-31-29-27-25-23-21-19-17-15-13-11-9-7-2/h8,10,14,16,20,22,26,28,32,34,38,40,44-45,49,51,55,57,61,63,67,69,73,75,88H,6-7,9,11-13,15,17-19,21,23-25,27,29-31,33,35-37,39,41-43,46-48,50,52-54,56,58-60,62,64-66,68,70-72,74,76-87H2,1-5H3/b10-8-,16-14-,22-20-,28-26-,34-32-,40-38-,45-44-,51-49-,57-55-,63-61-,69-67-,75-73-. The number of rotatable bonds is 76. The normalized spacial score (nSPS) is 13.8. The van der Waals surface area contributed by atoms with Gasteiger partial charge in [0.15, 0.2) is 6.10 Å². The zero-order valence-corrected chi connectivity index (χ0v) is 66.5. The van der Waals surface area contributed by atoms with Crippen molar-refractivity contribution in [1.82, 2.24) is 0 Å². The molecule has 0 aromatic rings. The van der Waals surface area contributed by atoms with Gasteiger partial charge in [-0.25, -0.2) is 0 Å². The van der Waals surface area contributed by atoms with Crippen LogP contribution in [0.3, 0.4) is 0 Å². The predicted octanol–water partition coefficient (Wildman–Crippen LogP) is 27.4. The van der Waals surface area contributed by atoms with Crippen molar-refractivity contribution in [2.45, 2.75) is 367 Å². The van der Waals surface area contributed by atoms with Crippen LogP contribution in [0.25, 0.3) is 0 Å². The molecule has 0 radical (unpaired) electrons. The maximum Gasteiger partial charge on any atom is 0.306 e. The smallest absolute Gasteiger partial charge is 0.306 e. The highest BCUT2D eigenvalue weighted by Crippen LogP contribution is 2.38. The molecule has 2 unspecified atom stereocenters. The average molecular weight is 1410 g/mol. The molecule has 0 amide bonds. The van der Waals surface area contributed by atoms with Crippen molar-refractivity contribution in [3.8, 4) is 0 Å². The first-order valence-corrected chi connectivity index (χ1v) is 43.0. The van der Waals surface area contributed by atoms with E-state index in [-0.39, 0.29) is 26.1 Å². The first-order chi connectivity index (χ1) is 49.0. The Morgan fingerprint density at radius 3 is 0.850 bits per heavy atom. The third kappa shape index (κ3) is 82.8. The van der Waals surface area contributed by atoms with E-state index in [4.69, 9.17) is 18.5 Å². The Labute approximate surface area is 618 Å². The number of nitrogens with zero attached hydrogens (tertiary/aromatic N) is 1. The van der Waals surface area contributed by atoms with Crippen molar-refractivity contribution in [3.63, 3.8) is 0 Å². The number of phosphoric ester groups is 1. The number of carbonyl (C=O) groups excluding carboxylic acids is 2. The molecule has 0 aromatic heterocycles. The van der Waals surface area contributed by atoms with Crippen LogP contribution in [0.1, 0.15) is 361 Å². The van der Waals surface area contributed by atoms with Gasteiger partial charge in [-0.3, -0.25) is 14.2 Å². The van der Waals surface area contributed by atoms with Gasteiger partial charge in [0.2, 0.25) is 0 Å². The molecule has 100 heavy (non-hydrogen) atoms. The zero-order chi connectivity index (χ0) is 72.5. The lowest BCUT2D eigenvalue weighted by Gasteiger charge is -2.28. The second kappa shape index (κ2) is 79.0. The van der Waals surface area contributed by atoms with E-state index in [1.54, 1.807) is 0 Å². The van der Waals surface area contributed by atoms with Gasteiger partial charge in [-0.05, 0) is 103 Å². The maximum absolute atomic E-state index is 12.9. The second-order valence-electron chi connectivity index (χ2n) is 28.8. The molecule has 0 aliphatic carbocycles. The van der Waals surface area contributed by atoms with Crippen LogP contribution in [-0.4, -0.2) is 70.0 Å². The van der Waals surface area contributed by atoms with Crippen molar-refractivity contribution in [2.24, 2.45) is 0 Å². The Morgan fingerprint density at radius 2 is 0.570 bits per heavy atom. The summed E-state index contributed by atoms with van der Waals surface area (Å²) in [4.78, 5) is 38.2. The number of hydrogen-bond acceptors (Lipinski definition) is 8. The summed E-state index contributed by atoms with van der Waals surface area (Å²) < 4.78 is 34.3. The molecule has 2 atom stereocenters. The first kappa shape index (κ1) is 95.9. The Bertz CT molecular complexity index is 2210. The minimum absolute atomic E-state index is 0.0453. The van der Waals surface area contributed by atoms with E-state index >= 15 is 0 Å². The monoisotopic (exact) mass is 1410 g/mol. The first-order valence-electron chi connectivity index (χ1n) is 41.5. The number of quaternary nitrogens is 1. The molecule has 0 fully saturated rings. The number of hydrogen-bond donors (Lipinski definition) is 0. The van der Waals surface area contributed by atoms with Crippen LogP contribution in [0.5, 0.6) is 0 Å². The lowest BCUT2D eigenvalue weighted by molar-refractivity contribution is -0.870. The third-order valence-corrected chi connectivity index (χ3v) is 18.8. The Kier molecular flexibility index (Phi) is 75.8. The fourth-order valence-electron chi connectivity index (χ4n) is 11.6. The molecule has 0 saturated heterocycles. The van der Waals surface area contributed by atoms with Crippen LogP contribution in [0, 0.1) is 0 Å². The molecule has 0 aliphatic heterocycles. The number of esters is 2. The van der Waals surface area contributed by atoms with E-state index in [1.807, 2.05) is 21.1 Å². The number of unbranched alkanes of at least 4 members (excludes halogenated alkanes) is 38. The highest BCUT2D eigenvalue weighted by Gasteiger charge is 2.22. The summed E-state index contributed by atoms with van der Waals surface area (Å²) in [7, 11) is 1.13. The van der Waals surface area contributed by atoms with Crippen LogP contribution in [0.15, 0.2) is 146 Å². The van der Waals surface area contributed by atoms with Crippen molar-refractivity contribution in [2.75, 3.05) is 47.5 Å². The van der Waals surface area contributed by atoms with Crippen molar-refractivity contribution in [3.05, 3.63) is 146 Å². The van der Waals surface area contributed by atoms with Gasteiger partial charge in [0.05, 0.1) is 27.7 Å². The largest absolute Gasteiger partial charge is 0.756 e. The number of likely N-dealkylation sites (N-methyl/N-ethyl adjacent to an activating group) is 1. The van der Waals surface area contributed by atoms with Gasteiger partial charge in [0, 0.05) is 12.8 Å². The summed E-state index contributed by atoms with van der Waals surface area (Å²) >= 11 is 0. The van der Waals surface area contributed by atoms with Gasteiger partial charge in [0.1, 0.15) is 19.8 Å². The van der Waals surface area contributed by atoms with E-state index in [0.717, 1.165) is 109 Å². The SMILES string of the molecule is CC/C=C\C/C=C\C/C=C\C/C=C\C/C=C\C/C=C\C/C=C\C/C=C\C/C=C\C/C=C\C/C=C\C/C=C\CCCCC(=O)OC(COC(=O)CCCCCCCCCCCCCCCCCCCCCCCCCCCCCCCCCCCCCCC)COP(=O)([O-])OCC[N+](C)(C)C. The number of phosphoric acid groups is 1. The van der Waals surface area contributed by atoms with E-state index in [2.05, 4.69) is 160 Å². The maximum atomic E-state index is 12.9. The highest BCUT2D eigenvalue weighted by molar-refractivity contribution is 7.45. The fourth-order valence-corrected chi connectivity index (χ4v) is 12.3. The van der Waals surface area contributed by atoms with Crippen LogP contribution < -0.4 is 4.89 Å². The molecule has 0 aromatic carbocycles. The van der Waals surface area contributed by atoms with Crippen LogP contribution >= 0.6 is 7.82 Å². The Hall–Kier alpha value is -4.11. The molecule has 9 nitrogen and oxygen atoms in total. The Balaban J connectivity index is 4.06. The van der Waals surface area contributed by atoms with Gasteiger partial charge < -0.3 is 27.9 Å². The number of ether oxygens (including phenoxy) is 2. The summed E-state index contributed by atoms with van der Waals surface area (Å²) in [5.41, 5.74) is 0. The summed E-state index contributed by atoms with van der Waals surface area (Å²) in [5.74, 6) is -0.881. The topological polar surface area (TPSA) is 111 Å². The van der Waals surface area contributed by atoms with E-state index in [1.165, 1.54) is 218 Å². The molecule has 574 valence electrons. The van der Waals surface area contributed by atoms with Crippen molar-refractivity contribution >= 4 is 19.8 Å². The Morgan fingerprint density at radius 1 is 0.320 bits per heavy atom. The van der Waals surface area contributed by atoms with Crippen molar-refractivity contribution < 1.29 is 42.1 Å². The van der Waals surface area contributed by atoms with E-state index < -0.39 is 32.5 Å². The third-order valence-electron chi connectivity index (χ3n) is 17.9. The minimum Gasteiger partial charge on any atom is -0.756 e. The predicted molar refractivity (Wildman–Crippen MR) is 434 cm³/mol. The van der Waals surface area contributed by atoms with Gasteiger partial charge >= 0.3 is 11.9 Å². The summed E-state index contributed by atoms with van der Waals surface area (Å²) in [6.07, 6.45) is 117. The quantitative estimate of drug-likeness (QED) is 0.0195. The average Bonchev–Trinajstić information content (AvgIpc) is 1.07. The van der Waals surface area contributed by atoms with Gasteiger partial charge in [0.25, 0.3) is 7.82 Å². The lowest BCUT2D eigenvalue weighted by atomic mass is 10.0. The second-order valence-corrected chi connectivity index (χ2v) is 30.2. The van der Waals surface area contributed by atoms with Crippen LogP contribution in [-0.2, 0) is 32.7 Å². The molecule has 0 heterocycles. The molecule has 0 rings (SSSR count). The summed E-state index contributed by atoms with van der Waals surface area (Å²) in [5, 5.41) is 0. The minimum atomic E-state index is -4.67. The fraction of sp³-hybridized carbons (Fsp3) is 0.711. The molecule has 0 saturated carbocycles. The van der Waals surface area contributed by atoms with Crippen LogP contribution in [0.4, 0.5) is 0 Å². The van der Waals surface area contributed by atoms with E-state index in [0.29, 0.717) is 17.4 Å². The molecule has 10 heteroatoms. The highest BCUT2D eigenvalue weighted by atomic mass is 31.2. The van der Waals surface area contributed by atoms with Gasteiger partial charge in [-0.1, -0.05) is 391 Å². The molecular formula is C90H156NO8P. The van der Waals surface area contributed by atoms with Gasteiger partial charge in [-0.15, -0.1) is 0 Å². The summed E-state index contributed by atoms with van der Waals surface area (Å²) in [6.45, 7) is 4.11. The summed E-state index contributed by atoms with van der Waals surface area (Å²) in [6, 6.07) is 0. The molecular weight excluding hydrogens is 1250 g/mol. The van der Waals surface area contributed by atoms with Gasteiger partial charge in [-0.2, -0.15) is 0 Å².